The number of allylic oxidation sites excluding steroid dienone is 1. The molecule has 5 rings (SSSR count). The number of benzene rings is 2. The third-order valence-corrected chi connectivity index (χ3v) is 8.23. The summed E-state index contributed by atoms with van der Waals surface area (Å²) in [4.78, 5) is 33.7. The second kappa shape index (κ2) is 25.3. The molecule has 0 aromatic heterocycles. The Balaban J connectivity index is 0.000000469. The summed E-state index contributed by atoms with van der Waals surface area (Å²) in [5.41, 5.74) is 4.68. The molecule has 0 heterocycles. The van der Waals surface area contributed by atoms with Gasteiger partial charge in [0.1, 0.15) is 30.9 Å². The van der Waals surface area contributed by atoms with E-state index >= 15 is 0 Å². The number of hydrogen-bond donors (Lipinski definition) is 4. The van der Waals surface area contributed by atoms with Crippen LogP contribution in [0.1, 0.15) is 96.1 Å². The summed E-state index contributed by atoms with van der Waals surface area (Å²) in [6.45, 7) is 13.4. The Labute approximate surface area is 299 Å². The van der Waals surface area contributed by atoms with Gasteiger partial charge in [-0.25, -0.2) is 0 Å². The summed E-state index contributed by atoms with van der Waals surface area (Å²) in [6, 6.07) is 14.3. The van der Waals surface area contributed by atoms with Gasteiger partial charge in [-0.15, -0.1) is 19.4 Å². The Morgan fingerprint density at radius 2 is 1.67 bits per heavy atom. The molecule has 1 unspecified atom stereocenters. The number of fused-ring (bicyclic) bond motifs is 3. The fourth-order valence-electron chi connectivity index (χ4n) is 5.36. The zero-order valence-corrected chi connectivity index (χ0v) is 30.8. The van der Waals surface area contributed by atoms with Crippen LogP contribution in [0.5, 0.6) is 5.75 Å². The zero-order valence-electron chi connectivity index (χ0n) is 29.9. The Hall–Kier alpha value is -3.73. The highest BCUT2D eigenvalue weighted by atomic mass is 32.1. The molecule has 4 N–H and O–H groups in total. The lowest BCUT2D eigenvalue weighted by atomic mass is 10.1. The highest BCUT2D eigenvalue weighted by molar-refractivity contribution is 7.77. The number of amides is 1. The minimum absolute atomic E-state index is 0.0349. The lowest BCUT2D eigenvalue weighted by molar-refractivity contribution is -0.127. The van der Waals surface area contributed by atoms with Crippen LogP contribution < -0.4 is 15.2 Å². The number of nitrogens with zero attached hydrogens (tertiary/aromatic N) is 2. The topological polar surface area (TPSA) is 134 Å². The van der Waals surface area contributed by atoms with Gasteiger partial charge in [-0.05, 0) is 87.9 Å². The molecule has 2 saturated carbocycles. The molecule has 10 heteroatoms. The third-order valence-electron chi connectivity index (χ3n) is 8.23. The first-order chi connectivity index (χ1) is 24.0. The van der Waals surface area contributed by atoms with E-state index in [1.54, 1.807) is 6.08 Å². The smallest absolute Gasteiger partial charge is 0.220 e. The first kappa shape index (κ1) is 43.3. The molecule has 0 aliphatic heterocycles. The molecule has 0 radical (unpaired) electrons. The van der Waals surface area contributed by atoms with E-state index in [0.29, 0.717) is 18.7 Å². The molecule has 2 aromatic carbocycles. The largest absolute Gasteiger partial charge is 0.490 e. The Kier molecular flexibility index (Phi) is 22.3. The number of carbonyl (C=O) groups is 3. The fourth-order valence-corrected chi connectivity index (χ4v) is 5.36. The number of nitrogens with one attached hydrogen (secondary N) is 1. The second-order valence-electron chi connectivity index (χ2n) is 11.8. The van der Waals surface area contributed by atoms with E-state index < -0.39 is 6.04 Å². The average molecular weight is 695 g/mol. The van der Waals surface area contributed by atoms with Crippen LogP contribution >= 0.6 is 12.8 Å². The lowest BCUT2D eigenvalue weighted by Gasteiger charge is -2.14. The van der Waals surface area contributed by atoms with E-state index in [-0.39, 0.29) is 17.6 Å². The van der Waals surface area contributed by atoms with Crippen molar-refractivity contribution in [3.8, 4) is 16.9 Å². The van der Waals surface area contributed by atoms with Crippen molar-refractivity contribution in [2.45, 2.75) is 97.1 Å². The number of ether oxygens (including phenoxy) is 1. The van der Waals surface area contributed by atoms with Gasteiger partial charge < -0.3 is 25.0 Å². The Bertz CT molecular complexity index is 1340. The number of unbranched alkanes of at least 4 members (excludes halogenated alkanes) is 3. The number of carbonyl (C=O) groups excluding carboxylic acids is 3. The molecule has 3 aliphatic rings. The van der Waals surface area contributed by atoms with Gasteiger partial charge in [0.25, 0.3) is 0 Å². The molecule has 9 nitrogen and oxygen atoms in total. The highest BCUT2D eigenvalue weighted by Gasteiger charge is 2.34. The van der Waals surface area contributed by atoms with Crippen molar-refractivity contribution in [3.05, 3.63) is 78.4 Å². The van der Waals surface area contributed by atoms with Gasteiger partial charge >= 0.3 is 0 Å². The van der Waals surface area contributed by atoms with Crippen LogP contribution in [0.25, 0.3) is 11.1 Å². The van der Waals surface area contributed by atoms with E-state index in [2.05, 4.69) is 72.1 Å². The van der Waals surface area contributed by atoms with Crippen molar-refractivity contribution in [2.75, 3.05) is 20.2 Å². The van der Waals surface area contributed by atoms with Gasteiger partial charge in [0.15, 0.2) is 5.78 Å². The summed E-state index contributed by atoms with van der Waals surface area (Å²) in [6.07, 6.45) is 16.3. The van der Waals surface area contributed by atoms with Crippen LogP contribution in [0.15, 0.2) is 72.4 Å². The van der Waals surface area contributed by atoms with Crippen LogP contribution in [0, 0.1) is 5.92 Å². The first-order valence-electron chi connectivity index (χ1n) is 17.4. The monoisotopic (exact) mass is 694 g/mol. The summed E-state index contributed by atoms with van der Waals surface area (Å²) in [5.74, 6) is 1.05. The Morgan fingerprint density at radius 1 is 1.02 bits per heavy atom. The molecule has 0 saturated heterocycles. The summed E-state index contributed by atoms with van der Waals surface area (Å²) in [7, 11) is 2.22. The molecule has 2 fully saturated rings. The normalized spacial score (nSPS) is 15.0. The minimum Gasteiger partial charge on any atom is -0.490 e. The van der Waals surface area contributed by atoms with E-state index in [4.69, 9.17) is 9.53 Å². The number of thiol groups is 1. The molecule has 1 amide bonds. The fraction of sp³-hybridized carbons (Fsp3) is 0.487. The lowest BCUT2D eigenvalue weighted by Crippen LogP contribution is -2.39. The SMILES string of the molecule is C=CC(NC(=O)CCCCC)C(=O)C1CC1.C=O.CC.CN(CCC/C=C\COc1ccc2c(c1)/C(=N/O)c1ccccc1-2)C1CC1.NS. The maximum Gasteiger partial charge on any atom is 0.220 e. The van der Waals surface area contributed by atoms with Crippen molar-refractivity contribution in [3.63, 3.8) is 0 Å². The Morgan fingerprint density at radius 3 is 2.27 bits per heavy atom. The number of nitrogens with two attached hydrogens (primary N) is 1. The summed E-state index contributed by atoms with van der Waals surface area (Å²) in [5, 5.41) is 19.9. The van der Waals surface area contributed by atoms with Crippen molar-refractivity contribution in [1.29, 1.82) is 0 Å². The molecule has 270 valence electrons. The van der Waals surface area contributed by atoms with Crippen LogP contribution in [0.4, 0.5) is 0 Å². The number of hydrogen-bond acceptors (Lipinski definition) is 9. The van der Waals surface area contributed by atoms with E-state index in [1.807, 2.05) is 57.0 Å². The standard InChI is InChI=1S/C23H26N2O2.C13H21NO2.C2H6.CH2O.H3NS/c1-25(17-10-11-17)14-6-2-3-7-15-27-18-12-13-20-19-8-4-5-9-21(19)23(24-26)22(20)16-18;1-3-5-6-7-12(15)14-11(4-2)13(16)10-8-9-10;3*1-2/h3-5,7-9,12-13,16-17,26H,2,6,10-11,14-15H2,1H3;4,10-11H,2-3,5-9H2,1H3,(H,14,15);1-2H3;1H2;2H,1H2/b7-3-,24-23+;;;;. The van der Waals surface area contributed by atoms with E-state index in [1.165, 1.54) is 25.8 Å². The summed E-state index contributed by atoms with van der Waals surface area (Å²) < 4.78 is 5.86. The predicted molar refractivity (Wildman–Crippen MR) is 204 cm³/mol. The molecule has 2 aromatic rings. The number of oxime groups is 1. The first-order valence-corrected chi connectivity index (χ1v) is 17.9. The van der Waals surface area contributed by atoms with Crippen molar-refractivity contribution >= 4 is 37.0 Å². The average Bonchev–Trinajstić information content (AvgIpc) is 4.09. The minimum atomic E-state index is -0.471. The van der Waals surface area contributed by atoms with E-state index in [0.717, 1.165) is 72.6 Å². The van der Waals surface area contributed by atoms with Gasteiger partial charge in [0, 0.05) is 29.5 Å². The highest BCUT2D eigenvalue weighted by Crippen LogP contribution is 2.38. The maximum atomic E-state index is 11.7. The van der Waals surface area contributed by atoms with Crippen molar-refractivity contribution in [1.82, 2.24) is 10.2 Å². The number of rotatable bonds is 16. The third kappa shape index (κ3) is 14.7. The van der Waals surface area contributed by atoms with Crippen molar-refractivity contribution in [2.24, 2.45) is 16.2 Å². The second-order valence-corrected chi connectivity index (χ2v) is 11.8. The molecule has 49 heavy (non-hydrogen) atoms. The van der Waals surface area contributed by atoms with Gasteiger partial charge in [-0.1, -0.05) is 81.3 Å². The quantitative estimate of drug-likeness (QED) is 0.0400. The summed E-state index contributed by atoms with van der Waals surface area (Å²) >= 11 is 3.03. The van der Waals surface area contributed by atoms with Crippen LogP contribution in [0.3, 0.4) is 0 Å². The molecule has 1 atom stereocenters. The van der Waals surface area contributed by atoms with Gasteiger partial charge in [-0.2, -0.15) is 0 Å². The number of ketones is 1. The molecular formula is C39H58N4O5S. The predicted octanol–water partition coefficient (Wildman–Crippen LogP) is 7.55. The van der Waals surface area contributed by atoms with Crippen molar-refractivity contribution < 1.29 is 24.3 Å². The van der Waals surface area contributed by atoms with Crippen LogP contribution in [-0.4, -0.2) is 66.6 Å². The van der Waals surface area contributed by atoms with E-state index in [9.17, 15) is 14.8 Å². The maximum absolute atomic E-state index is 11.7. The molecule has 0 bridgehead atoms. The van der Waals surface area contributed by atoms with Gasteiger partial charge in [-0.3, -0.25) is 14.7 Å². The van der Waals surface area contributed by atoms with Crippen LogP contribution in [0.2, 0.25) is 0 Å². The zero-order chi connectivity index (χ0) is 36.6. The van der Waals surface area contributed by atoms with Gasteiger partial charge in [0.05, 0.1) is 0 Å². The molecule has 0 spiro atoms. The van der Waals surface area contributed by atoms with Crippen LogP contribution in [-0.2, 0) is 14.4 Å². The number of Topliss-reactive ketones (excluding diaryl/α,β-unsaturated/α-hetero) is 1. The molecule has 3 aliphatic carbocycles. The molecular weight excluding hydrogens is 637 g/mol. The van der Waals surface area contributed by atoms with Gasteiger partial charge in [0.2, 0.25) is 5.91 Å².